The molecular weight excluding hydrogens is 408 g/mol. The monoisotopic (exact) mass is 426 g/mol. The molecule has 0 spiro atoms. The average molecular weight is 428 g/mol. The molecule has 25 heavy (non-hydrogen) atoms. The van der Waals surface area contributed by atoms with E-state index in [0.717, 1.165) is 21.2 Å². The Kier molecular flexibility index (Phi) is 6.70. The number of amides is 1. The molecule has 0 radical (unpaired) electrons. The first-order valence-corrected chi connectivity index (χ1v) is 8.90. The van der Waals surface area contributed by atoms with Gasteiger partial charge in [0.05, 0.1) is 0 Å². The van der Waals surface area contributed by atoms with Gasteiger partial charge >= 0.3 is 0 Å². The third-order valence-corrected chi connectivity index (χ3v) is 4.79. The lowest BCUT2D eigenvalue weighted by atomic mass is 9.96. The normalized spacial score (nSPS) is 10.8. The molecule has 134 valence electrons. The third kappa shape index (κ3) is 5.11. The fourth-order valence-corrected chi connectivity index (χ4v) is 3.37. The van der Waals surface area contributed by atoms with E-state index >= 15 is 0 Å². The molecule has 4 N–H and O–H groups in total. The van der Waals surface area contributed by atoms with E-state index in [2.05, 4.69) is 15.9 Å². The Hall–Kier alpha value is -1.76. The van der Waals surface area contributed by atoms with Crippen LogP contribution in [0.4, 0.5) is 0 Å². The van der Waals surface area contributed by atoms with Crippen LogP contribution in [0.5, 0.6) is 11.5 Å². The van der Waals surface area contributed by atoms with E-state index in [0.29, 0.717) is 22.9 Å². The van der Waals surface area contributed by atoms with Gasteiger partial charge in [0.2, 0.25) is 0 Å². The minimum Gasteiger partial charge on any atom is -0.508 e. The van der Waals surface area contributed by atoms with E-state index in [9.17, 15) is 9.90 Å². The number of hydrogen-bond donors (Lipinski definition) is 3. The Morgan fingerprint density at radius 2 is 2.08 bits per heavy atom. The van der Waals surface area contributed by atoms with E-state index < -0.39 is 5.91 Å². The van der Waals surface area contributed by atoms with Crippen molar-refractivity contribution in [3.63, 3.8) is 0 Å². The summed E-state index contributed by atoms with van der Waals surface area (Å²) in [7, 11) is 0. The molecule has 0 aliphatic carbocycles. The molecule has 0 aliphatic rings. The number of hydrogen-bond acceptors (Lipinski definition) is 4. The van der Waals surface area contributed by atoms with Crippen LogP contribution in [-0.2, 0) is 11.2 Å². The van der Waals surface area contributed by atoms with Crippen molar-refractivity contribution in [3.8, 4) is 11.5 Å². The number of phenolic OH excluding ortho intramolecular Hbond substituents is 1. The van der Waals surface area contributed by atoms with Crippen molar-refractivity contribution in [1.82, 2.24) is 5.43 Å². The van der Waals surface area contributed by atoms with Crippen LogP contribution in [0, 0.1) is 0 Å². The molecule has 0 unspecified atom stereocenters. The number of hydrazine groups is 1. The van der Waals surface area contributed by atoms with Crippen LogP contribution < -0.4 is 16.0 Å². The molecule has 0 saturated heterocycles. The molecule has 7 heteroatoms. The fourth-order valence-electron chi connectivity index (χ4n) is 2.40. The number of halogens is 2. The molecule has 0 saturated carbocycles. The summed E-state index contributed by atoms with van der Waals surface area (Å²) in [5.74, 6) is 5.58. The number of phenols is 1. The highest BCUT2D eigenvalue weighted by Crippen LogP contribution is 2.34. The zero-order valence-corrected chi connectivity index (χ0v) is 16.3. The largest absolute Gasteiger partial charge is 0.508 e. The second-order valence-corrected chi connectivity index (χ2v) is 7.21. The minimum atomic E-state index is -0.429. The molecule has 0 bridgehead atoms. The number of nitrogens with two attached hydrogens (primary N) is 1. The Labute approximate surface area is 160 Å². The van der Waals surface area contributed by atoms with Gasteiger partial charge in [0, 0.05) is 15.9 Å². The van der Waals surface area contributed by atoms with Gasteiger partial charge in [-0.1, -0.05) is 53.5 Å². The second-order valence-electron chi connectivity index (χ2n) is 5.95. The predicted molar refractivity (Wildman–Crippen MR) is 102 cm³/mol. The van der Waals surface area contributed by atoms with Crippen molar-refractivity contribution < 1.29 is 14.6 Å². The van der Waals surface area contributed by atoms with Gasteiger partial charge in [-0.2, -0.15) is 0 Å². The van der Waals surface area contributed by atoms with Gasteiger partial charge in [-0.15, -0.1) is 0 Å². The number of aromatic hydroxyl groups is 1. The lowest BCUT2D eigenvalue weighted by Crippen LogP contribution is -2.34. The molecule has 0 atom stereocenters. The zero-order chi connectivity index (χ0) is 18.6. The second kappa shape index (κ2) is 8.56. The molecule has 0 aromatic heterocycles. The van der Waals surface area contributed by atoms with Crippen LogP contribution in [0.3, 0.4) is 0 Å². The van der Waals surface area contributed by atoms with E-state index in [-0.39, 0.29) is 12.5 Å². The molecule has 0 fully saturated rings. The SMILES string of the molecule is CC(C)c1cc(Cc2c(Cl)cc(OCC(=O)NN)cc2Br)ccc1O. The van der Waals surface area contributed by atoms with Crippen LogP contribution >= 0.6 is 27.5 Å². The summed E-state index contributed by atoms with van der Waals surface area (Å²) < 4.78 is 6.13. The quantitative estimate of drug-likeness (QED) is 0.371. The summed E-state index contributed by atoms with van der Waals surface area (Å²) in [6.07, 6.45) is 0.600. The lowest BCUT2D eigenvalue weighted by Gasteiger charge is -2.14. The summed E-state index contributed by atoms with van der Waals surface area (Å²) in [6.45, 7) is 3.88. The number of ether oxygens (including phenoxy) is 1. The molecular formula is C18H20BrClN2O3. The Bertz CT molecular complexity index is 758. The molecule has 2 rings (SSSR count). The molecule has 0 heterocycles. The Balaban J connectivity index is 2.23. The molecule has 2 aromatic carbocycles. The number of rotatable bonds is 6. The lowest BCUT2D eigenvalue weighted by molar-refractivity contribution is -0.123. The van der Waals surface area contributed by atoms with Gasteiger partial charge in [0.25, 0.3) is 5.91 Å². The first kappa shape index (κ1) is 19.6. The average Bonchev–Trinajstić information content (AvgIpc) is 2.57. The summed E-state index contributed by atoms with van der Waals surface area (Å²) in [6, 6.07) is 8.98. The third-order valence-electron chi connectivity index (χ3n) is 3.74. The van der Waals surface area contributed by atoms with Crippen molar-refractivity contribution in [1.29, 1.82) is 0 Å². The van der Waals surface area contributed by atoms with E-state index in [1.807, 2.05) is 31.4 Å². The van der Waals surface area contributed by atoms with Crippen molar-refractivity contribution in [3.05, 3.63) is 56.5 Å². The maximum Gasteiger partial charge on any atom is 0.271 e. The maximum atomic E-state index is 11.2. The van der Waals surface area contributed by atoms with Crippen LogP contribution in [0.2, 0.25) is 5.02 Å². The predicted octanol–water partition coefficient (Wildman–Crippen LogP) is 3.89. The van der Waals surface area contributed by atoms with Crippen LogP contribution in [-0.4, -0.2) is 17.6 Å². The molecule has 5 nitrogen and oxygen atoms in total. The number of carbonyl (C=O) groups is 1. The molecule has 0 aliphatic heterocycles. The topological polar surface area (TPSA) is 84.6 Å². The van der Waals surface area contributed by atoms with Gasteiger partial charge in [-0.05, 0) is 40.8 Å². The van der Waals surface area contributed by atoms with Gasteiger partial charge in [-0.25, -0.2) is 5.84 Å². The Morgan fingerprint density at radius 1 is 1.36 bits per heavy atom. The van der Waals surface area contributed by atoms with E-state index in [1.54, 1.807) is 18.2 Å². The van der Waals surface area contributed by atoms with Gasteiger partial charge in [0.15, 0.2) is 6.61 Å². The summed E-state index contributed by atoms with van der Waals surface area (Å²) in [4.78, 5) is 11.2. The highest BCUT2D eigenvalue weighted by molar-refractivity contribution is 9.10. The summed E-state index contributed by atoms with van der Waals surface area (Å²) in [5.41, 5.74) is 4.84. The number of benzene rings is 2. The smallest absolute Gasteiger partial charge is 0.271 e. The van der Waals surface area contributed by atoms with Crippen molar-refractivity contribution >= 4 is 33.4 Å². The van der Waals surface area contributed by atoms with E-state index in [1.165, 1.54) is 0 Å². The number of nitrogens with one attached hydrogen (secondary N) is 1. The Morgan fingerprint density at radius 3 is 2.68 bits per heavy atom. The highest BCUT2D eigenvalue weighted by Gasteiger charge is 2.13. The molecule has 2 aromatic rings. The van der Waals surface area contributed by atoms with Crippen molar-refractivity contribution in [2.75, 3.05) is 6.61 Å². The molecule has 1 amide bonds. The first-order chi connectivity index (χ1) is 11.8. The minimum absolute atomic E-state index is 0.186. The maximum absolute atomic E-state index is 11.2. The van der Waals surface area contributed by atoms with Gasteiger partial charge in [0.1, 0.15) is 11.5 Å². The number of carbonyl (C=O) groups excluding carboxylic acids is 1. The van der Waals surface area contributed by atoms with Gasteiger partial charge < -0.3 is 9.84 Å². The zero-order valence-electron chi connectivity index (χ0n) is 14.0. The fraction of sp³-hybridized carbons (Fsp3) is 0.278. The standard InChI is InChI=1S/C18H20BrClN2O3/c1-10(2)13-5-11(3-4-17(13)23)6-14-15(19)7-12(8-16(14)20)25-9-18(24)22-21/h3-5,7-8,10,23H,6,9,21H2,1-2H3,(H,22,24). The van der Waals surface area contributed by atoms with Crippen molar-refractivity contribution in [2.24, 2.45) is 5.84 Å². The highest BCUT2D eigenvalue weighted by atomic mass is 79.9. The first-order valence-electron chi connectivity index (χ1n) is 7.73. The van der Waals surface area contributed by atoms with Crippen molar-refractivity contribution in [2.45, 2.75) is 26.2 Å². The van der Waals surface area contributed by atoms with Crippen LogP contribution in [0.1, 0.15) is 36.5 Å². The van der Waals surface area contributed by atoms with Crippen LogP contribution in [0.15, 0.2) is 34.8 Å². The van der Waals surface area contributed by atoms with E-state index in [4.69, 9.17) is 22.2 Å². The van der Waals surface area contributed by atoms with Gasteiger partial charge in [-0.3, -0.25) is 10.2 Å². The van der Waals surface area contributed by atoms with Crippen LogP contribution in [0.25, 0.3) is 0 Å². The summed E-state index contributed by atoms with van der Waals surface area (Å²) >= 11 is 9.89. The summed E-state index contributed by atoms with van der Waals surface area (Å²) in [5, 5.41) is 10.5.